The Kier molecular flexibility index (Phi) is 6.68. The van der Waals surface area contributed by atoms with E-state index >= 15 is 0 Å². The number of thioether (sulfide) groups is 1. The number of fused-ring (bicyclic) bond motifs is 1. The summed E-state index contributed by atoms with van der Waals surface area (Å²) in [6.45, 7) is 2.63. The normalized spacial score (nSPS) is 12.8. The van der Waals surface area contributed by atoms with E-state index in [1.807, 2.05) is 24.5 Å². The number of hydrogen-bond acceptors (Lipinski definition) is 5. The number of aromatic nitrogens is 1. The van der Waals surface area contributed by atoms with E-state index in [4.69, 9.17) is 9.29 Å². The van der Waals surface area contributed by atoms with Gasteiger partial charge in [-0.1, -0.05) is 18.3 Å². The second-order valence-electron chi connectivity index (χ2n) is 5.23. The second-order valence-corrected chi connectivity index (χ2v) is 8.80. The predicted molar refractivity (Wildman–Crippen MR) is 101 cm³/mol. The molecule has 1 heterocycles. The van der Waals surface area contributed by atoms with Crippen molar-refractivity contribution in [1.82, 2.24) is 0 Å². The fraction of sp³-hybridized carbons (Fsp3) is 0.438. The fourth-order valence-electron chi connectivity index (χ4n) is 2.39. The van der Waals surface area contributed by atoms with E-state index in [2.05, 4.69) is 17.6 Å². The first-order chi connectivity index (χ1) is 11.4. The Morgan fingerprint density at radius 3 is 2.79 bits per heavy atom. The van der Waals surface area contributed by atoms with E-state index in [1.54, 1.807) is 30.2 Å². The Balaban J connectivity index is 2.46. The van der Waals surface area contributed by atoms with Crippen LogP contribution >= 0.6 is 23.1 Å². The van der Waals surface area contributed by atoms with Crippen LogP contribution in [0, 0.1) is 0 Å². The number of rotatable bonds is 8. The van der Waals surface area contributed by atoms with Crippen molar-refractivity contribution < 1.29 is 22.3 Å². The first kappa shape index (κ1) is 19.2. The Morgan fingerprint density at radius 1 is 1.46 bits per heavy atom. The van der Waals surface area contributed by atoms with Gasteiger partial charge in [0.05, 0.1) is 18.9 Å². The Labute approximate surface area is 151 Å². The quantitative estimate of drug-likeness (QED) is 0.553. The van der Waals surface area contributed by atoms with Crippen molar-refractivity contribution in [3.8, 4) is 5.75 Å². The van der Waals surface area contributed by atoms with Crippen molar-refractivity contribution in [2.45, 2.75) is 26.3 Å². The average Bonchev–Trinajstić information content (AvgIpc) is 2.88. The summed E-state index contributed by atoms with van der Waals surface area (Å²) in [6, 6.07) is 5.89. The molecule has 132 valence electrons. The van der Waals surface area contributed by atoms with Crippen LogP contribution in [-0.2, 0) is 16.7 Å². The van der Waals surface area contributed by atoms with Crippen LogP contribution in [0.5, 0.6) is 5.75 Å². The molecular weight excluding hydrogens is 366 g/mol. The number of allylic oxidation sites excluding steroid dienone is 1. The topological polar surface area (TPSA) is 67.5 Å². The van der Waals surface area contributed by atoms with E-state index < -0.39 is 10.1 Å². The van der Waals surface area contributed by atoms with Gasteiger partial charge in [-0.05, 0) is 29.7 Å². The maximum Gasteiger partial charge on any atom is 0.265 e. The molecular formula is C16H22NO4S3+. The summed E-state index contributed by atoms with van der Waals surface area (Å²) >= 11 is 3.38. The molecule has 5 nitrogen and oxygen atoms in total. The monoisotopic (exact) mass is 388 g/mol. The van der Waals surface area contributed by atoms with Gasteiger partial charge in [0.15, 0.2) is 6.54 Å². The van der Waals surface area contributed by atoms with Crippen molar-refractivity contribution in [1.29, 1.82) is 0 Å². The predicted octanol–water partition coefficient (Wildman–Crippen LogP) is 3.59. The van der Waals surface area contributed by atoms with Gasteiger partial charge >= 0.3 is 0 Å². The lowest BCUT2D eigenvalue weighted by atomic mass is 10.3. The largest absolute Gasteiger partial charge is 0.497 e. The first-order valence-electron chi connectivity index (χ1n) is 7.58. The lowest BCUT2D eigenvalue weighted by Gasteiger charge is -2.01. The van der Waals surface area contributed by atoms with Crippen LogP contribution in [0.2, 0.25) is 0 Å². The highest BCUT2D eigenvalue weighted by molar-refractivity contribution is 8.02. The molecule has 0 spiro atoms. The zero-order valence-electron chi connectivity index (χ0n) is 14.0. The van der Waals surface area contributed by atoms with Gasteiger partial charge in [0, 0.05) is 12.5 Å². The Hall–Kier alpha value is -1.09. The van der Waals surface area contributed by atoms with Crippen molar-refractivity contribution in [3.05, 3.63) is 28.1 Å². The molecule has 1 N–H and O–H groups in total. The summed E-state index contributed by atoms with van der Waals surface area (Å²) in [4.78, 5) is 1.26. The van der Waals surface area contributed by atoms with Crippen LogP contribution in [0.25, 0.3) is 16.3 Å². The standard InChI is InChI=1S/C16H21NO4S3/c1-4-13(22-3)11-16-17(8-5-9-24(18,19)20)14-10-12(21-2)6-7-15(14)23-16/h6-7,10-11H,4-5,8-9H2,1-3H3/p+1/b13-11-. The van der Waals surface area contributed by atoms with E-state index in [9.17, 15) is 8.42 Å². The molecule has 8 heteroatoms. The van der Waals surface area contributed by atoms with Gasteiger partial charge in [-0.15, -0.1) is 11.8 Å². The van der Waals surface area contributed by atoms with Gasteiger partial charge < -0.3 is 4.74 Å². The third-order valence-corrected chi connectivity index (χ3v) is 6.46. The van der Waals surface area contributed by atoms with E-state index in [0.29, 0.717) is 13.0 Å². The molecule has 0 radical (unpaired) electrons. The highest BCUT2D eigenvalue weighted by Crippen LogP contribution is 2.28. The number of nitrogens with zero attached hydrogens (tertiary/aromatic N) is 1. The fourth-order valence-corrected chi connectivity index (χ4v) is 4.62. The van der Waals surface area contributed by atoms with Crippen LogP contribution in [-0.4, -0.2) is 32.1 Å². The number of hydrogen-bond donors (Lipinski definition) is 1. The molecule has 0 atom stereocenters. The molecule has 0 unspecified atom stereocenters. The molecule has 0 aliphatic heterocycles. The van der Waals surface area contributed by atoms with E-state index in [1.165, 1.54) is 4.91 Å². The molecule has 1 aromatic carbocycles. The summed E-state index contributed by atoms with van der Waals surface area (Å²) in [5.41, 5.74) is 1.01. The summed E-state index contributed by atoms with van der Waals surface area (Å²) in [5.74, 6) is 0.521. The molecule has 0 saturated carbocycles. The molecule has 2 aromatic rings. The zero-order chi connectivity index (χ0) is 17.7. The van der Waals surface area contributed by atoms with Crippen LogP contribution < -0.4 is 9.30 Å². The van der Waals surface area contributed by atoms with Crippen molar-refractivity contribution >= 4 is 49.5 Å². The second kappa shape index (κ2) is 8.33. The molecule has 0 fully saturated rings. The molecule has 0 aliphatic carbocycles. The maximum absolute atomic E-state index is 11.0. The maximum atomic E-state index is 11.0. The number of methoxy groups -OCH3 is 1. The third kappa shape index (κ3) is 4.95. The third-order valence-electron chi connectivity index (χ3n) is 3.62. The minimum Gasteiger partial charge on any atom is -0.497 e. The van der Waals surface area contributed by atoms with Gasteiger partial charge in [0.2, 0.25) is 5.52 Å². The average molecular weight is 389 g/mol. The van der Waals surface area contributed by atoms with Gasteiger partial charge in [-0.3, -0.25) is 4.55 Å². The van der Waals surface area contributed by atoms with E-state index in [-0.39, 0.29) is 5.75 Å². The Morgan fingerprint density at radius 2 is 2.21 bits per heavy atom. The van der Waals surface area contributed by atoms with Crippen LogP contribution in [0.15, 0.2) is 23.1 Å². The van der Waals surface area contributed by atoms with Crippen LogP contribution in [0.3, 0.4) is 0 Å². The Bertz CT molecular complexity index is 834. The number of thiazole rings is 1. The van der Waals surface area contributed by atoms with Gasteiger partial charge in [-0.25, -0.2) is 0 Å². The van der Waals surface area contributed by atoms with Crippen LogP contribution in [0.1, 0.15) is 24.8 Å². The van der Waals surface area contributed by atoms with Crippen molar-refractivity contribution in [2.75, 3.05) is 19.1 Å². The molecule has 24 heavy (non-hydrogen) atoms. The number of benzene rings is 1. The van der Waals surface area contributed by atoms with Crippen LogP contribution in [0.4, 0.5) is 0 Å². The number of ether oxygens (including phenoxy) is 1. The minimum absolute atomic E-state index is 0.242. The van der Waals surface area contributed by atoms with Gasteiger partial charge in [-0.2, -0.15) is 13.0 Å². The smallest absolute Gasteiger partial charge is 0.265 e. The first-order valence-corrected chi connectivity index (χ1v) is 11.2. The van der Waals surface area contributed by atoms with Crippen molar-refractivity contribution in [3.63, 3.8) is 0 Å². The summed E-state index contributed by atoms with van der Waals surface area (Å²) < 4.78 is 39.5. The lowest BCUT2D eigenvalue weighted by Crippen LogP contribution is -2.36. The molecule has 0 saturated heterocycles. The van der Waals surface area contributed by atoms with Crippen molar-refractivity contribution in [2.24, 2.45) is 0 Å². The van der Waals surface area contributed by atoms with E-state index in [0.717, 1.165) is 27.4 Å². The number of aryl methyl sites for hydroxylation is 1. The summed E-state index contributed by atoms with van der Waals surface area (Å²) in [5, 5.41) is 1.07. The SMILES string of the molecule is CC/C(=C/c1sc2ccc(OC)cc2[n+]1CCCS(=O)(=O)O)SC. The highest BCUT2D eigenvalue weighted by Gasteiger charge is 2.21. The molecule has 0 amide bonds. The highest BCUT2D eigenvalue weighted by atomic mass is 32.2. The molecule has 2 rings (SSSR count). The summed E-state index contributed by atoms with van der Waals surface area (Å²) in [6.07, 6.45) is 5.50. The summed E-state index contributed by atoms with van der Waals surface area (Å²) in [7, 11) is -2.32. The molecule has 0 bridgehead atoms. The van der Waals surface area contributed by atoms with Gasteiger partial charge in [0.1, 0.15) is 10.4 Å². The van der Waals surface area contributed by atoms with Gasteiger partial charge in [0.25, 0.3) is 15.1 Å². The molecule has 0 aliphatic rings. The lowest BCUT2D eigenvalue weighted by molar-refractivity contribution is -0.668. The molecule has 1 aromatic heterocycles. The minimum atomic E-state index is -3.94. The zero-order valence-corrected chi connectivity index (χ0v) is 16.4.